The lowest BCUT2D eigenvalue weighted by Crippen LogP contribution is -1.83. The van der Waals surface area contributed by atoms with Crippen molar-refractivity contribution in [1.82, 2.24) is 0 Å². The van der Waals surface area contributed by atoms with E-state index in [1.807, 2.05) is 0 Å². The van der Waals surface area contributed by atoms with Crippen molar-refractivity contribution in [2.45, 2.75) is 0 Å². The topological polar surface area (TPSA) is 33.4 Å². The van der Waals surface area contributed by atoms with Crippen molar-refractivity contribution in [2.75, 3.05) is 6.61 Å². The Morgan fingerprint density at radius 3 is 2.80 bits per heavy atom. The van der Waals surface area contributed by atoms with Gasteiger partial charge in [0.15, 0.2) is 4.67 Å². The maximum absolute atomic E-state index is 8.62. The summed E-state index contributed by atoms with van der Waals surface area (Å²) in [5.74, 6) is 0.620. The third-order valence-corrected chi connectivity index (χ3v) is 1.54. The van der Waals surface area contributed by atoms with Gasteiger partial charge in [0, 0.05) is 5.57 Å². The molecule has 0 radical (unpaired) electrons. The van der Waals surface area contributed by atoms with Crippen molar-refractivity contribution in [3.63, 3.8) is 0 Å². The minimum Gasteiger partial charge on any atom is -0.450 e. The summed E-state index contributed by atoms with van der Waals surface area (Å²) < 4.78 is 5.74. The van der Waals surface area contributed by atoms with Crippen molar-refractivity contribution < 1.29 is 9.52 Å². The molecule has 1 aromatic rings. The van der Waals surface area contributed by atoms with E-state index >= 15 is 0 Å². The monoisotopic (exact) mass is 202 g/mol. The van der Waals surface area contributed by atoms with Crippen molar-refractivity contribution >= 4 is 21.5 Å². The minimum absolute atomic E-state index is 0.0695. The molecular formula is C7H7BrO2. The Hall–Kier alpha value is -0.540. The zero-order chi connectivity index (χ0) is 7.56. The van der Waals surface area contributed by atoms with Crippen LogP contribution < -0.4 is 0 Å². The molecule has 0 saturated heterocycles. The van der Waals surface area contributed by atoms with Gasteiger partial charge in [0.25, 0.3) is 0 Å². The number of furan rings is 1. The van der Waals surface area contributed by atoms with Crippen LogP contribution >= 0.6 is 15.9 Å². The zero-order valence-electron chi connectivity index (χ0n) is 5.30. The van der Waals surface area contributed by atoms with E-state index in [4.69, 9.17) is 9.52 Å². The molecule has 1 N–H and O–H groups in total. The van der Waals surface area contributed by atoms with Crippen molar-refractivity contribution in [3.8, 4) is 0 Å². The van der Waals surface area contributed by atoms with E-state index in [0.29, 0.717) is 16.0 Å². The number of hydrogen-bond acceptors (Lipinski definition) is 2. The molecular weight excluding hydrogens is 196 g/mol. The summed E-state index contributed by atoms with van der Waals surface area (Å²) in [5.41, 5.74) is 0.589. The minimum atomic E-state index is -0.0695. The Labute approximate surface area is 67.3 Å². The highest BCUT2D eigenvalue weighted by atomic mass is 79.9. The Morgan fingerprint density at radius 1 is 1.70 bits per heavy atom. The molecule has 0 amide bonds. The smallest absolute Gasteiger partial charge is 0.169 e. The third kappa shape index (κ3) is 1.49. The maximum Gasteiger partial charge on any atom is 0.169 e. The molecule has 0 aliphatic carbocycles. The fourth-order valence-corrected chi connectivity index (χ4v) is 0.889. The van der Waals surface area contributed by atoms with E-state index < -0.39 is 0 Å². The Balaban J connectivity index is 2.85. The van der Waals surface area contributed by atoms with Gasteiger partial charge in [-0.3, -0.25) is 0 Å². The summed E-state index contributed by atoms with van der Waals surface area (Å²) in [5, 5.41) is 8.62. The molecule has 1 rings (SSSR count). The van der Waals surface area contributed by atoms with E-state index in [2.05, 4.69) is 22.5 Å². The van der Waals surface area contributed by atoms with Crippen LogP contribution in [0, 0.1) is 0 Å². The predicted molar refractivity (Wildman–Crippen MR) is 42.5 cm³/mol. The van der Waals surface area contributed by atoms with Gasteiger partial charge in [-0.05, 0) is 28.1 Å². The van der Waals surface area contributed by atoms with Gasteiger partial charge in [-0.1, -0.05) is 6.58 Å². The molecule has 0 aliphatic rings. The van der Waals surface area contributed by atoms with Crippen LogP contribution in [0.3, 0.4) is 0 Å². The average molecular weight is 203 g/mol. The van der Waals surface area contributed by atoms with Gasteiger partial charge in [-0.15, -0.1) is 0 Å². The van der Waals surface area contributed by atoms with Gasteiger partial charge in [-0.25, -0.2) is 0 Å². The van der Waals surface area contributed by atoms with Gasteiger partial charge in [0.05, 0.1) is 6.61 Å². The molecule has 0 atom stereocenters. The second-order valence-corrected chi connectivity index (χ2v) is 2.65. The highest BCUT2D eigenvalue weighted by Crippen LogP contribution is 2.19. The lowest BCUT2D eigenvalue weighted by Gasteiger charge is -1.93. The number of aliphatic hydroxyl groups excluding tert-OH is 1. The lowest BCUT2D eigenvalue weighted by molar-refractivity contribution is 0.346. The first-order valence-corrected chi connectivity index (χ1v) is 3.57. The van der Waals surface area contributed by atoms with Gasteiger partial charge in [0.1, 0.15) is 5.76 Å². The second-order valence-electron chi connectivity index (χ2n) is 1.87. The molecule has 2 nitrogen and oxygen atoms in total. The molecule has 0 fully saturated rings. The summed E-state index contributed by atoms with van der Waals surface area (Å²) in [7, 11) is 0. The van der Waals surface area contributed by atoms with E-state index in [1.165, 1.54) is 0 Å². The fraction of sp³-hybridized carbons (Fsp3) is 0.143. The van der Waals surface area contributed by atoms with Crippen LogP contribution in [0.4, 0.5) is 0 Å². The molecule has 0 saturated carbocycles. The summed E-state index contributed by atoms with van der Waals surface area (Å²) in [6, 6.07) is 3.51. The van der Waals surface area contributed by atoms with Gasteiger partial charge in [-0.2, -0.15) is 0 Å². The van der Waals surface area contributed by atoms with Gasteiger partial charge < -0.3 is 9.52 Å². The number of aliphatic hydroxyl groups is 1. The first-order chi connectivity index (χ1) is 4.74. The molecule has 3 heteroatoms. The first-order valence-electron chi connectivity index (χ1n) is 2.78. The van der Waals surface area contributed by atoms with Crippen molar-refractivity contribution in [3.05, 3.63) is 29.1 Å². The van der Waals surface area contributed by atoms with Crippen LogP contribution in [0.1, 0.15) is 5.76 Å². The largest absolute Gasteiger partial charge is 0.450 e. The normalized spacial score (nSPS) is 9.80. The van der Waals surface area contributed by atoms with Crippen LogP contribution in [0.2, 0.25) is 0 Å². The van der Waals surface area contributed by atoms with Crippen LogP contribution in [0.15, 0.2) is 27.8 Å². The first kappa shape index (κ1) is 7.57. The molecule has 0 unspecified atom stereocenters. The zero-order valence-corrected chi connectivity index (χ0v) is 6.89. The summed E-state index contributed by atoms with van der Waals surface area (Å²) in [6.07, 6.45) is 0. The average Bonchev–Trinajstić information content (AvgIpc) is 2.34. The molecule has 54 valence electrons. The Bertz CT molecular complexity index is 240. The van der Waals surface area contributed by atoms with Gasteiger partial charge in [0.2, 0.25) is 0 Å². The van der Waals surface area contributed by atoms with Gasteiger partial charge >= 0.3 is 0 Å². The molecule has 1 heterocycles. The third-order valence-electron chi connectivity index (χ3n) is 1.11. The summed E-state index contributed by atoms with van der Waals surface area (Å²) in [4.78, 5) is 0. The molecule has 0 aliphatic heterocycles. The van der Waals surface area contributed by atoms with E-state index in [-0.39, 0.29) is 6.61 Å². The maximum atomic E-state index is 8.62. The number of hydrogen-bond donors (Lipinski definition) is 1. The molecule has 0 spiro atoms. The fourth-order valence-electron chi connectivity index (χ4n) is 0.582. The van der Waals surface area contributed by atoms with Crippen LogP contribution in [0.25, 0.3) is 5.57 Å². The standard InChI is InChI=1S/C7H7BrO2/c1-5(4-9)6-2-3-7(8)10-6/h2-3,9H,1,4H2. The summed E-state index contributed by atoms with van der Waals surface area (Å²) >= 11 is 3.14. The van der Waals surface area contributed by atoms with Crippen molar-refractivity contribution in [2.24, 2.45) is 0 Å². The van der Waals surface area contributed by atoms with Crippen LogP contribution in [-0.4, -0.2) is 11.7 Å². The second kappa shape index (κ2) is 3.03. The highest BCUT2D eigenvalue weighted by molar-refractivity contribution is 9.10. The Kier molecular flexibility index (Phi) is 2.29. The molecule has 10 heavy (non-hydrogen) atoms. The Morgan fingerprint density at radius 2 is 2.40 bits per heavy atom. The van der Waals surface area contributed by atoms with Crippen LogP contribution in [0.5, 0.6) is 0 Å². The summed E-state index contributed by atoms with van der Waals surface area (Å²) in [6.45, 7) is 3.52. The molecule has 0 bridgehead atoms. The molecule has 1 aromatic heterocycles. The van der Waals surface area contributed by atoms with Crippen molar-refractivity contribution in [1.29, 1.82) is 0 Å². The van der Waals surface area contributed by atoms with E-state index in [0.717, 1.165) is 0 Å². The van der Waals surface area contributed by atoms with E-state index in [1.54, 1.807) is 12.1 Å². The van der Waals surface area contributed by atoms with Crippen LogP contribution in [-0.2, 0) is 0 Å². The number of halogens is 1. The lowest BCUT2D eigenvalue weighted by atomic mass is 10.2. The molecule has 0 aromatic carbocycles. The quantitative estimate of drug-likeness (QED) is 0.797. The number of rotatable bonds is 2. The van der Waals surface area contributed by atoms with E-state index in [9.17, 15) is 0 Å². The SMILES string of the molecule is C=C(CO)c1ccc(Br)o1. The highest BCUT2D eigenvalue weighted by Gasteiger charge is 2.01. The predicted octanol–water partition coefficient (Wildman–Crippen LogP) is 2.05.